The quantitative estimate of drug-likeness (QED) is 0.528. The Morgan fingerprint density at radius 1 is 1.00 bits per heavy atom. The summed E-state index contributed by atoms with van der Waals surface area (Å²) >= 11 is 0. The van der Waals surface area contributed by atoms with Gasteiger partial charge in [0, 0.05) is 24.5 Å². The number of esters is 1. The molecule has 2 aromatic carbocycles. The van der Waals surface area contributed by atoms with Crippen molar-refractivity contribution in [3.8, 4) is 0 Å². The van der Waals surface area contributed by atoms with Gasteiger partial charge in [0.15, 0.2) is 0 Å². The Bertz CT molecular complexity index is 800. The normalized spacial score (nSPS) is 20.9. The summed E-state index contributed by atoms with van der Waals surface area (Å²) in [4.78, 5) is 11.8. The molecule has 3 nitrogen and oxygen atoms in total. The molecular formula is C25H32O3Si. The van der Waals surface area contributed by atoms with E-state index in [1.54, 1.807) is 0 Å². The summed E-state index contributed by atoms with van der Waals surface area (Å²) < 4.78 is 12.6. The molecule has 4 heteroatoms. The molecule has 0 amide bonds. The molecule has 0 aromatic heterocycles. The molecular weight excluding hydrogens is 376 g/mol. The van der Waals surface area contributed by atoms with Gasteiger partial charge in [0.1, 0.15) is 6.10 Å². The third kappa shape index (κ3) is 4.38. The fraction of sp³-hybridized carbons (Fsp3) is 0.400. The highest BCUT2D eigenvalue weighted by Crippen LogP contribution is 2.37. The van der Waals surface area contributed by atoms with E-state index in [2.05, 4.69) is 95.3 Å². The summed E-state index contributed by atoms with van der Waals surface area (Å²) in [6, 6.07) is 21.2. The van der Waals surface area contributed by atoms with Gasteiger partial charge in [0.25, 0.3) is 8.32 Å². The van der Waals surface area contributed by atoms with Crippen molar-refractivity contribution in [2.75, 3.05) is 6.61 Å². The second-order valence-electron chi connectivity index (χ2n) is 9.07. The Hall–Kier alpha value is -2.17. The number of ether oxygens (including phenoxy) is 1. The molecule has 1 aliphatic heterocycles. The smallest absolute Gasteiger partial charge is 0.330 e. The minimum Gasteiger partial charge on any atom is -0.458 e. The minimum atomic E-state index is -2.57. The molecule has 1 aliphatic rings. The lowest BCUT2D eigenvalue weighted by Gasteiger charge is -2.44. The fourth-order valence-corrected chi connectivity index (χ4v) is 9.04. The number of hydrogen-bond acceptors (Lipinski definition) is 3. The maximum Gasteiger partial charge on any atom is 0.330 e. The maximum absolute atomic E-state index is 11.8. The van der Waals surface area contributed by atoms with Crippen LogP contribution >= 0.6 is 0 Å². The second kappa shape index (κ2) is 8.68. The number of benzene rings is 2. The van der Waals surface area contributed by atoms with Crippen LogP contribution in [0.5, 0.6) is 0 Å². The number of rotatable bonds is 6. The largest absolute Gasteiger partial charge is 0.458 e. The van der Waals surface area contributed by atoms with E-state index in [0.29, 0.717) is 6.61 Å². The van der Waals surface area contributed by atoms with Crippen LogP contribution in [-0.2, 0) is 14.0 Å². The van der Waals surface area contributed by atoms with Crippen molar-refractivity contribution in [1.82, 2.24) is 0 Å². The molecule has 154 valence electrons. The van der Waals surface area contributed by atoms with Crippen LogP contribution in [0.2, 0.25) is 5.04 Å². The summed E-state index contributed by atoms with van der Waals surface area (Å²) in [7, 11) is -2.57. The first-order chi connectivity index (χ1) is 13.8. The summed E-state index contributed by atoms with van der Waals surface area (Å²) in [6.45, 7) is 11.6. The van der Waals surface area contributed by atoms with Crippen LogP contribution in [0.15, 0.2) is 72.8 Å². The molecule has 0 radical (unpaired) electrons. The molecule has 1 heterocycles. The van der Waals surface area contributed by atoms with Gasteiger partial charge in [-0.1, -0.05) is 101 Å². The lowest BCUT2D eigenvalue weighted by atomic mass is 9.92. The van der Waals surface area contributed by atoms with Gasteiger partial charge in [-0.05, 0) is 15.4 Å². The summed E-state index contributed by atoms with van der Waals surface area (Å²) in [5, 5.41) is 2.46. The zero-order valence-electron chi connectivity index (χ0n) is 18.1. The van der Waals surface area contributed by atoms with Crippen LogP contribution in [0.4, 0.5) is 0 Å². The average Bonchev–Trinajstić information content (AvgIpc) is 2.70. The van der Waals surface area contributed by atoms with Crippen LogP contribution in [0, 0.1) is 11.8 Å². The van der Waals surface area contributed by atoms with Crippen molar-refractivity contribution in [2.45, 2.75) is 45.8 Å². The molecule has 0 saturated heterocycles. The van der Waals surface area contributed by atoms with E-state index >= 15 is 0 Å². The molecule has 0 aliphatic carbocycles. The number of carbonyl (C=O) groups is 1. The predicted molar refractivity (Wildman–Crippen MR) is 121 cm³/mol. The van der Waals surface area contributed by atoms with Gasteiger partial charge in [-0.3, -0.25) is 0 Å². The van der Waals surface area contributed by atoms with E-state index in [4.69, 9.17) is 9.16 Å². The fourth-order valence-electron chi connectivity index (χ4n) is 4.37. The van der Waals surface area contributed by atoms with Gasteiger partial charge in [-0.2, -0.15) is 0 Å². The SMILES string of the molecule is C[C@H]1C=CC(=O)O[C@H]1[C@@H](C)CO[Si](c1ccccc1)(c1ccccc1)C(C)(C)C. The Labute approximate surface area is 175 Å². The molecule has 0 fully saturated rings. The van der Waals surface area contributed by atoms with Crippen LogP contribution < -0.4 is 10.4 Å². The Morgan fingerprint density at radius 2 is 1.52 bits per heavy atom. The molecule has 0 spiro atoms. The van der Waals surface area contributed by atoms with E-state index in [1.165, 1.54) is 16.4 Å². The highest BCUT2D eigenvalue weighted by Gasteiger charge is 2.50. The van der Waals surface area contributed by atoms with E-state index in [1.807, 2.05) is 6.08 Å². The topological polar surface area (TPSA) is 35.5 Å². The first-order valence-corrected chi connectivity index (χ1v) is 12.3. The zero-order valence-corrected chi connectivity index (χ0v) is 19.1. The van der Waals surface area contributed by atoms with Gasteiger partial charge in [0.05, 0.1) is 0 Å². The van der Waals surface area contributed by atoms with Crippen LogP contribution in [0.25, 0.3) is 0 Å². The molecule has 2 aromatic rings. The van der Waals surface area contributed by atoms with Gasteiger partial charge < -0.3 is 9.16 Å². The van der Waals surface area contributed by atoms with Gasteiger partial charge in [0.2, 0.25) is 0 Å². The van der Waals surface area contributed by atoms with Crippen LogP contribution in [-0.4, -0.2) is 27.0 Å². The highest BCUT2D eigenvalue weighted by atomic mass is 28.4. The number of hydrogen-bond donors (Lipinski definition) is 0. The number of cyclic esters (lactones) is 1. The van der Waals surface area contributed by atoms with Gasteiger partial charge in [-0.25, -0.2) is 4.79 Å². The minimum absolute atomic E-state index is 0.0653. The van der Waals surface area contributed by atoms with Crippen molar-refractivity contribution in [2.24, 2.45) is 11.8 Å². The lowest BCUT2D eigenvalue weighted by Crippen LogP contribution is -2.67. The summed E-state index contributed by atoms with van der Waals surface area (Å²) in [5.41, 5.74) is 0. The molecule has 3 atom stereocenters. The Balaban J connectivity index is 1.98. The van der Waals surface area contributed by atoms with Crippen molar-refractivity contribution in [3.05, 3.63) is 72.8 Å². The molecule has 3 rings (SSSR count). The van der Waals surface area contributed by atoms with Gasteiger partial charge in [-0.15, -0.1) is 0 Å². The van der Waals surface area contributed by atoms with E-state index in [0.717, 1.165) is 0 Å². The Kier molecular flexibility index (Phi) is 6.44. The predicted octanol–water partition coefficient (Wildman–Crippen LogP) is 4.32. The van der Waals surface area contributed by atoms with Crippen molar-refractivity contribution in [1.29, 1.82) is 0 Å². The first-order valence-electron chi connectivity index (χ1n) is 10.4. The average molecular weight is 409 g/mol. The lowest BCUT2D eigenvalue weighted by molar-refractivity contribution is -0.150. The van der Waals surface area contributed by atoms with Crippen molar-refractivity contribution < 1.29 is 14.0 Å². The molecule has 29 heavy (non-hydrogen) atoms. The third-order valence-corrected chi connectivity index (χ3v) is 10.9. The van der Waals surface area contributed by atoms with Crippen LogP contribution in [0.3, 0.4) is 0 Å². The van der Waals surface area contributed by atoms with Gasteiger partial charge >= 0.3 is 5.97 Å². The first kappa shape index (κ1) is 21.5. The number of carbonyl (C=O) groups excluding carboxylic acids is 1. The van der Waals surface area contributed by atoms with Crippen LogP contribution in [0.1, 0.15) is 34.6 Å². The monoisotopic (exact) mass is 408 g/mol. The molecule has 0 unspecified atom stereocenters. The summed E-state index contributed by atoms with van der Waals surface area (Å²) in [5.74, 6) is 0.0244. The third-order valence-electron chi connectivity index (χ3n) is 5.85. The maximum atomic E-state index is 11.8. The molecule has 0 saturated carbocycles. The van der Waals surface area contributed by atoms with Crippen molar-refractivity contribution in [3.63, 3.8) is 0 Å². The zero-order chi connectivity index (χ0) is 21.1. The molecule has 0 bridgehead atoms. The van der Waals surface area contributed by atoms with E-state index in [9.17, 15) is 4.79 Å². The van der Waals surface area contributed by atoms with E-state index < -0.39 is 8.32 Å². The second-order valence-corrected chi connectivity index (χ2v) is 13.4. The van der Waals surface area contributed by atoms with Crippen molar-refractivity contribution >= 4 is 24.7 Å². The Morgan fingerprint density at radius 3 is 2.00 bits per heavy atom. The molecule has 0 N–H and O–H groups in total. The highest BCUT2D eigenvalue weighted by molar-refractivity contribution is 6.99. The summed E-state index contributed by atoms with van der Waals surface area (Å²) in [6.07, 6.45) is 3.30. The standard InChI is InChI=1S/C25H32O3Si/c1-19-16-17-23(26)28-24(19)20(2)18-27-29(25(3,4)5,21-12-8-6-9-13-21)22-14-10-7-11-15-22/h6-17,19-20,24H,18H2,1-5H3/t19-,20-,24+/m0/s1. The van der Waals surface area contributed by atoms with E-state index in [-0.39, 0.29) is 28.9 Å².